The number of aryl methyl sites for hydroxylation is 2. The second-order valence-corrected chi connectivity index (χ2v) is 25.6. The third kappa shape index (κ3) is 13.4. The van der Waals surface area contributed by atoms with Crippen LogP contribution < -0.4 is 5.19 Å². The normalized spacial score (nSPS) is 11.8. The molecule has 0 aromatic heterocycles. The van der Waals surface area contributed by atoms with Gasteiger partial charge >= 0.3 is 0 Å². The molecule has 0 atom stereocenters. The topological polar surface area (TPSA) is 0 Å². The van der Waals surface area contributed by atoms with E-state index in [2.05, 4.69) is 125 Å². The van der Waals surface area contributed by atoms with Crippen molar-refractivity contribution in [3.05, 3.63) is 77.4 Å². The van der Waals surface area contributed by atoms with Crippen molar-refractivity contribution in [3.8, 4) is 33.7 Å². The minimum Gasteiger partial charge on any atom is -0.127 e. The summed E-state index contributed by atoms with van der Waals surface area (Å²) in [4.78, 5) is 0. The van der Waals surface area contributed by atoms with Gasteiger partial charge in [-0.15, -0.1) is 5.54 Å². The van der Waals surface area contributed by atoms with Gasteiger partial charge in [0.25, 0.3) is 0 Å². The maximum absolute atomic E-state index is 3.71. The Kier molecular flexibility index (Phi) is 16.1. The van der Waals surface area contributed by atoms with Crippen molar-refractivity contribution in [2.24, 2.45) is 0 Å². The summed E-state index contributed by atoms with van der Waals surface area (Å²) in [5.41, 5.74) is 13.2. The van der Waals surface area contributed by atoms with E-state index in [9.17, 15) is 0 Å². The van der Waals surface area contributed by atoms with E-state index in [1.165, 1.54) is 147 Å². The molecule has 0 saturated heterocycles. The largest absolute Gasteiger partial charge is 0.129 e. The van der Waals surface area contributed by atoms with Crippen LogP contribution >= 0.6 is 0 Å². The molecule has 0 amide bonds. The molecule has 3 aromatic carbocycles. The van der Waals surface area contributed by atoms with Gasteiger partial charge in [0.05, 0.1) is 8.07 Å². The number of hydrogen-bond donors (Lipinski definition) is 0. The first-order valence-corrected chi connectivity index (χ1v) is 25.9. The van der Waals surface area contributed by atoms with Crippen LogP contribution in [0, 0.1) is 11.5 Å². The van der Waals surface area contributed by atoms with E-state index in [0.29, 0.717) is 0 Å². The van der Waals surface area contributed by atoms with Crippen molar-refractivity contribution in [1.82, 2.24) is 0 Å². The molecule has 0 unspecified atom stereocenters. The van der Waals surface area contributed by atoms with Gasteiger partial charge < -0.3 is 0 Å². The van der Waals surface area contributed by atoms with Gasteiger partial charge in [0.2, 0.25) is 0 Å². The predicted molar refractivity (Wildman–Crippen MR) is 214 cm³/mol. The van der Waals surface area contributed by atoms with Crippen molar-refractivity contribution in [1.29, 1.82) is 0 Å². The summed E-state index contributed by atoms with van der Waals surface area (Å²) in [5, 5.41) is 1.54. The van der Waals surface area contributed by atoms with Crippen LogP contribution in [-0.2, 0) is 12.8 Å². The molecule has 0 spiro atoms. The summed E-state index contributed by atoms with van der Waals surface area (Å²) in [6.45, 7) is 19.1. The van der Waals surface area contributed by atoms with E-state index in [4.69, 9.17) is 0 Å². The van der Waals surface area contributed by atoms with Crippen molar-refractivity contribution in [2.75, 3.05) is 0 Å². The highest BCUT2D eigenvalue weighted by atomic mass is 28.3. The minimum atomic E-state index is -1.65. The summed E-state index contributed by atoms with van der Waals surface area (Å²) in [5.74, 6) is 3.71. The molecule has 46 heavy (non-hydrogen) atoms. The van der Waals surface area contributed by atoms with E-state index >= 15 is 0 Å². The van der Waals surface area contributed by atoms with Crippen LogP contribution in [0.1, 0.15) is 120 Å². The zero-order valence-corrected chi connectivity index (χ0v) is 33.1. The quantitative estimate of drug-likeness (QED) is 0.0688. The van der Waals surface area contributed by atoms with Gasteiger partial charge in [-0.3, -0.25) is 0 Å². The van der Waals surface area contributed by atoms with Gasteiger partial charge in [0.1, 0.15) is 8.07 Å². The summed E-state index contributed by atoms with van der Waals surface area (Å²) in [7, 11) is -3.18. The zero-order valence-electron chi connectivity index (χ0n) is 31.1. The van der Waals surface area contributed by atoms with Crippen LogP contribution in [0.2, 0.25) is 39.3 Å². The molecule has 0 bridgehead atoms. The van der Waals surface area contributed by atoms with Crippen LogP contribution in [0.3, 0.4) is 0 Å². The Labute approximate surface area is 287 Å². The molecule has 0 aliphatic heterocycles. The van der Waals surface area contributed by atoms with Gasteiger partial charge in [0.15, 0.2) is 0 Å². The molecule has 0 fully saturated rings. The fraction of sp³-hybridized carbons (Fsp3) is 0.545. The number of rotatable bonds is 19. The molecule has 0 radical (unpaired) electrons. The summed E-state index contributed by atoms with van der Waals surface area (Å²) < 4.78 is 0. The fourth-order valence-corrected chi connectivity index (χ4v) is 8.44. The average molecular weight is 651 g/mol. The van der Waals surface area contributed by atoms with Crippen molar-refractivity contribution >= 4 is 21.3 Å². The van der Waals surface area contributed by atoms with E-state index in [0.717, 1.165) is 0 Å². The van der Waals surface area contributed by atoms with Crippen LogP contribution in [0.4, 0.5) is 0 Å². The lowest BCUT2D eigenvalue weighted by atomic mass is 9.93. The fourth-order valence-electron chi connectivity index (χ4n) is 6.33. The SMILES string of the molecule is CCCCCCCCCc1ccc(-c2cc([Si](C)(C)C)c(-c3ccc(CCCCCCCCC)cc3)cc2C#C[Si](C)(C)C)cc1. The zero-order chi connectivity index (χ0) is 33.4. The maximum atomic E-state index is 3.71. The second kappa shape index (κ2) is 19.5. The molecule has 3 rings (SSSR count). The van der Waals surface area contributed by atoms with Crippen molar-refractivity contribution < 1.29 is 0 Å². The first-order valence-electron chi connectivity index (χ1n) is 18.9. The van der Waals surface area contributed by atoms with Gasteiger partial charge in [-0.05, 0) is 65.1 Å². The van der Waals surface area contributed by atoms with E-state index < -0.39 is 16.1 Å². The van der Waals surface area contributed by atoms with Crippen LogP contribution in [-0.4, -0.2) is 16.1 Å². The average Bonchev–Trinajstić information content (AvgIpc) is 3.02. The number of unbranched alkanes of at least 4 members (excludes halogenated alkanes) is 12. The maximum Gasteiger partial charge on any atom is 0.129 e. The van der Waals surface area contributed by atoms with Crippen molar-refractivity contribution in [3.63, 3.8) is 0 Å². The van der Waals surface area contributed by atoms with Crippen LogP contribution in [0.5, 0.6) is 0 Å². The monoisotopic (exact) mass is 650 g/mol. The first-order chi connectivity index (χ1) is 22.0. The first kappa shape index (κ1) is 38.1. The third-order valence-electron chi connectivity index (χ3n) is 9.21. The smallest absolute Gasteiger partial charge is 0.127 e. The predicted octanol–water partition coefficient (Wildman–Crippen LogP) is 13.4. The highest BCUT2D eigenvalue weighted by Crippen LogP contribution is 2.31. The molecule has 3 aromatic rings. The Morgan fingerprint density at radius 2 is 0.891 bits per heavy atom. The Hall–Kier alpha value is -2.35. The van der Waals surface area contributed by atoms with Gasteiger partial charge in [-0.2, -0.15) is 0 Å². The number of benzene rings is 3. The summed E-state index contributed by atoms with van der Waals surface area (Å²) in [6.07, 6.45) is 21.5. The minimum absolute atomic E-state index is 1.18. The highest BCUT2D eigenvalue weighted by molar-refractivity contribution is 6.89. The van der Waals surface area contributed by atoms with Gasteiger partial charge in [0, 0.05) is 5.56 Å². The Balaban J connectivity index is 1.85. The lowest BCUT2D eigenvalue weighted by Gasteiger charge is -2.24. The van der Waals surface area contributed by atoms with E-state index in [1.54, 1.807) is 0 Å². The second-order valence-electron chi connectivity index (χ2n) is 15.8. The molecule has 0 aliphatic rings. The lowest BCUT2D eigenvalue weighted by Crippen LogP contribution is -2.39. The molecule has 0 nitrogen and oxygen atoms in total. The molecule has 0 N–H and O–H groups in total. The Morgan fingerprint density at radius 3 is 1.30 bits per heavy atom. The summed E-state index contributed by atoms with van der Waals surface area (Å²) in [6, 6.07) is 23.9. The molecule has 2 heteroatoms. The molecule has 250 valence electrons. The highest BCUT2D eigenvalue weighted by Gasteiger charge is 2.24. The van der Waals surface area contributed by atoms with E-state index in [1.807, 2.05) is 0 Å². The Morgan fingerprint density at radius 1 is 0.478 bits per heavy atom. The molecule has 0 aliphatic carbocycles. The van der Waals surface area contributed by atoms with Gasteiger partial charge in [-0.25, -0.2) is 0 Å². The molecule has 0 saturated carbocycles. The van der Waals surface area contributed by atoms with Crippen LogP contribution in [0.15, 0.2) is 60.7 Å². The Bertz CT molecular complexity index is 1360. The van der Waals surface area contributed by atoms with Crippen LogP contribution in [0.25, 0.3) is 22.3 Å². The summed E-state index contributed by atoms with van der Waals surface area (Å²) >= 11 is 0. The van der Waals surface area contributed by atoms with E-state index in [-0.39, 0.29) is 0 Å². The number of hydrogen-bond acceptors (Lipinski definition) is 0. The molecular formula is C44H66Si2. The lowest BCUT2D eigenvalue weighted by molar-refractivity contribution is 0.589. The third-order valence-corrected chi connectivity index (χ3v) is 12.1. The molecule has 0 heterocycles. The molecular weight excluding hydrogens is 585 g/mol. The van der Waals surface area contributed by atoms with Crippen molar-refractivity contribution in [2.45, 2.75) is 156 Å². The standard InChI is InChI=1S/C44H66Si2/c1-9-11-13-15-17-19-21-23-37-25-29-39(30-26-37)42-36-44(46(6,7)8)43(35-41(42)33-34-45(3,4)5)40-31-27-38(28-32-40)24-22-20-18-16-14-12-10-2/h25-32,35-36H,9-24H2,1-8H3. The van der Waals surface area contributed by atoms with Gasteiger partial charge in [-0.1, -0.05) is 196 Å².